The van der Waals surface area contributed by atoms with Crippen molar-refractivity contribution in [1.29, 1.82) is 0 Å². The molecule has 1 rings (SSSR count). The second kappa shape index (κ2) is 6.36. The van der Waals surface area contributed by atoms with Crippen molar-refractivity contribution >= 4 is 11.9 Å². The van der Waals surface area contributed by atoms with Gasteiger partial charge >= 0.3 is 5.97 Å². The second-order valence-electron chi connectivity index (χ2n) is 5.48. The van der Waals surface area contributed by atoms with E-state index in [4.69, 9.17) is 4.74 Å². The van der Waals surface area contributed by atoms with E-state index in [-0.39, 0.29) is 5.91 Å². The van der Waals surface area contributed by atoms with Gasteiger partial charge in [-0.25, -0.2) is 4.79 Å². The lowest BCUT2D eigenvalue weighted by molar-refractivity contribution is -0.158. The number of carbonyl (C=O) groups is 2. The number of benzene rings is 1. The van der Waals surface area contributed by atoms with Crippen LogP contribution in [0.3, 0.4) is 0 Å². The third-order valence-corrected chi connectivity index (χ3v) is 2.35. The van der Waals surface area contributed by atoms with E-state index < -0.39 is 17.6 Å². The maximum atomic E-state index is 12.1. The van der Waals surface area contributed by atoms with E-state index in [9.17, 15) is 9.59 Å². The number of carbonyl (C=O) groups excluding carboxylic acids is 2. The molecule has 4 nitrogen and oxygen atoms in total. The number of rotatable bonds is 4. The van der Waals surface area contributed by atoms with Gasteiger partial charge in [-0.15, -0.1) is 0 Å². The molecule has 1 N–H and O–H groups in total. The zero-order valence-electron chi connectivity index (χ0n) is 11.9. The summed E-state index contributed by atoms with van der Waals surface area (Å²) in [7, 11) is 0. The smallest absolute Gasteiger partial charge is 0.329 e. The van der Waals surface area contributed by atoms with E-state index in [0.717, 1.165) is 5.56 Å². The van der Waals surface area contributed by atoms with Crippen LogP contribution in [0, 0.1) is 0 Å². The Labute approximate surface area is 114 Å². The Morgan fingerprint density at radius 1 is 1.21 bits per heavy atom. The molecule has 0 heterocycles. The Morgan fingerprint density at radius 3 is 2.26 bits per heavy atom. The van der Waals surface area contributed by atoms with Crippen LogP contribution in [-0.4, -0.2) is 23.5 Å². The van der Waals surface area contributed by atoms with Crippen molar-refractivity contribution in [2.24, 2.45) is 0 Å². The minimum atomic E-state index is -0.654. The van der Waals surface area contributed by atoms with Crippen molar-refractivity contribution in [1.82, 2.24) is 5.32 Å². The van der Waals surface area contributed by atoms with Crippen LogP contribution in [0.25, 0.3) is 0 Å². The highest BCUT2D eigenvalue weighted by Crippen LogP contribution is 2.11. The van der Waals surface area contributed by atoms with E-state index in [1.54, 1.807) is 20.8 Å². The predicted octanol–water partition coefficient (Wildman–Crippen LogP) is 2.08. The van der Waals surface area contributed by atoms with Gasteiger partial charge in [-0.05, 0) is 26.3 Å². The number of nitrogens with one attached hydrogen (secondary N) is 1. The number of esters is 1. The quantitative estimate of drug-likeness (QED) is 0.846. The number of amides is 1. The van der Waals surface area contributed by atoms with Crippen molar-refractivity contribution in [2.75, 3.05) is 0 Å². The fraction of sp³-hybridized carbons (Fsp3) is 0.467. The summed E-state index contributed by atoms with van der Waals surface area (Å²) in [6, 6.07) is 8.88. The highest BCUT2D eigenvalue weighted by molar-refractivity contribution is 5.83. The molecule has 0 spiro atoms. The molecule has 104 valence electrons. The van der Waals surface area contributed by atoms with Crippen LogP contribution in [0.15, 0.2) is 30.3 Å². The molecule has 0 aliphatic carbocycles. The molecule has 0 radical (unpaired) electrons. The largest absolute Gasteiger partial charge is 0.458 e. The summed E-state index contributed by atoms with van der Waals surface area (Å²) in [6.45, 7) is 6.80. The summed E-state index contributed by atoms with van der Waals surface area (Å²) in [5.74, 6) is -0.654. The summed E-state index contributed by atoms with van der Waals surface area (Å²) in [4.78, 5) is 23.3. The van der Waals surface area contributed by atoms with Crippen LogP contribution in [0.2, 0.25) is 0 Å². The highest BCUT2D eigenvalue weighted by Gasteiger charge is 2.25. The van der Waals surface area contributed by atoms with Crippen molar-refractivity contribution in [2.45, 2.75) is 45.8 Å². The molecular formula is C15H21NO3. The molecule has 1 atom stereocenters. The Hall–Kier alpha value is -1.84. The van der Waals surface area contributed by atoms with Crippen LogP contribution in [0.1, 0.15) is 33.3 Å². The van der Waals surface area contributed by atoms with Crippen LogP contribution in [0.5, 0.6) is 0 Å². The first kappa shape index (κ1) is 15.2. The second-order valence-corrected chi connectivity index (χ2v) is 5.48. The van der Waals surface area contributed by atoms with Crippen LogP contribution < -0.4 is 5.32 Å². The molecule has 0 saturated heterocycles. The first-order valence-corrected chi connectivity index (χ1v) is 6.32. The number of hydrogen-bond donors (Lipinski definition) is 1. The minimum Gasteiger partial charge on any atom is -0.458 e. The Kier molecular flexibility index (Phi) is 5.10. The lowest BCUT2D eigenvalue weighted by Gasteiger charge is -2.24. The van der Waals surface area contributed by atoms with Gasteiger partial charge in [-0.1, -0.05) is 30.3 Å². The molecule has 1 aromatic carbocycles. The average molecular weight is 263 g/mol. The predicted molar refractivity (Wildman–Crippen MR) is 73.6 cm³/mol. The number of ether oxygens (including phenoxy) is 1. The Bertz CT molecular complexity index is 434. The fourth-order valence-corrected chi connectivity index (χ4v) is 1.66. The maximum Gasteiger partial charge on any atom is 0.329 e. The monoisotopic (exact) mass is 263 g/mol. The average Bonchev–Trinajstić information content (AvgIpc) is 2.26. The van der Waals surface area contributed by atoms with Gasteiger partial charge < -0.3 is 10.1 Å². The van der Waals surface area contributed by atoms with Gasteiger partial charge in [0.25, 0.3) is 0 Å². The summed E-state index contributed by atoms with van der Waals surface area (Å²) in [6.07, 6.45) is 0.426. The molecule has 0 aromatic heterocycles. The minimum absolute atomic E-state index is 0.244. The van der Waals surface area contributed by atoms with E-state index in [1.807, 2.05) is 30.3 Å². The SMILES string of the molecule is CC(=O)NC(Cc1ccccc1)C(=O)OC(C)(C)C. The summed E-state index contributed by atoms with van der Waals surface area (Å²) >= 11 is 0. The molecular weight excluding hydrogens is 242 g/mol. The van der Waals surface area contributed by atoms with Crippen molar-refractivity contribution in [3.63, 3.8) is 0 Å². The van der Waals surface area contributed by atoms with Gasteiger partial charge in [0.05, 0.1) is 0 Å². The van der Waals surface area contributed by atoms with Crippen molar-refractivity contribution in [3.05, 3.63) is 35.9 Å². The third kappa shape index (κ3) is 6.04. The summed E-state index contributed by atoms with van der Waals surface area (Å²) < 4.78 is 5.32. The van der Waals surface area contributed by atoms with E-state index >= 15 is 0 Å². The number of hydrogen-bond acceptors (Lipinski definition) is 3. The zero-order valence-corrected chi connectivity index (χ0v) is 11.9. The van der Waals surface area contributed by atoms with Crippen molar-refractivity contribution < 1.29 is 14.3 Å². The molecule has 0 bridgehead atoms. The van der Waals surface area contributed by atoms with Crippen LogP contribution in [-0.2, 0) is 20.7 Å². The topological polar surface area (TPSA) is 55.4 Å². The lowest BCUT2D eigenvalue weighted by Crippen LogP contribution is -2.44. The molecule has 1 amide bonds. The van der Waals surface area contributed by atoms with Gasteiger partial charge in [0.15, 0.2) is 0 Å². The molecule has 19 heavy (non-hydrogen) atoms. The molecule has 1 aromatic rings. The van der Waals surface area contributed by atoms with Crippen molar-refractivity contribution in [3.8, 4) is 0 Å². The molecule has 0 saturated carbocycles. The summed E-state index contributed by atoms with van der Waals surface area (Å²) in [5, 5.41) is 2.64. The Morgan fingerprint density at radius 2 is 1.79 bits per heavy atom. The first-order valence-electron chi connectivity index (χ1n) is 6.32. The summed E-state index contributed by atoms with van der Waals surface area (Å²) in [5.41, 5.74) is 0.414. The molecule has 0 fully saturated rings. The normalized spacial score (nSPS) is 12.6. The van der Waals surface area contributed by atoms with Gasteiger partial charge in [0, 0.05) is 13.3 Å². The third-order valence-electron chi connectivity index (χ3n) is 2.35. The molecule has 4 heteroatoms. The lowest BCUT2D eigenvalue weighted by atomic mass is 10.1. The first-order chi connectivity index (χ1) is 8.78. The van der Waals surface area contributed by atoms with E-state index in [1.165, 1.54) is 6.92 Å². The molecule has 0 aliphatic heterocycles. The van der Waals surface area contributed by atoms with E-state index in [0.29, 0.717) is 6.42 Å². The fourth-order valence-electron chi connectivity index (χ4n) is 1.66. The Balaban J connectivity index is 2.77. The maximum absolute atomic E-state index is 12.1. The van der Waals surface area contributed by atoms with Crippen LogP contribution in [0.4, 0.5) is 0 Å². The van der Waals surface area contributed by atoms with E-state index in [2.05, 4.69) is 5.32 Å². The van der Waals surface area contributed by atoms with Gasteiger partial charge in [0.1, 0.15) is 11.6 Å². The van der Waals surface area contributed by atoms with Crippen LogP contribution >= 0.6 is 0 Å². The highest BCUT2D eigenvalue weighted by atomic mass is 16.6. The molecule has 1 unspecified atom stereocenters. The van der Waals surface area contributed by atoms with Gasteiger partial charge in [-0.3, -0.25) is 4.79 Å². The zero-order chi connectivity index (χ0) is 14.5. The molecule has 0 aliphatic rings. The standard InChI is InChI=1S/C15H21NO3/c1-11(17)16-13(14(18)19-15(2,3)4)10-12-8-6-5-7-9-12/h5-9,13H,10H2,1-4H3,(H,16,17). The van der Waals surface area contributed by atoms with Gasteiger partial charge in [0.2, 0.25) is 5.91 Å². The van der Waals surface area contributed by atoms with Gasteiger partial charge in [-0.2, -0.15) is 0 Å².